The highest BCUT2D eigenvalue weighted by molar-refractivity contribution is 5.62. The van der Waals surface area contributed by atoms with Gasteiger partial charge in [0.15, 0.2) is 0 Å². The average Bonchev–Trinajstić information content (AvgIpc) is 2.69. The molecule has 1 aliphatic rings. The standard InChI is InChI=1S/C22H21FN2O2/c23-18-6-1-15(2-7-18)17-3-8-19(25-12-17)13-24-14-21-10-5-16-4-9-20(26)11-22(16)27-21/h1-4,6-9,11-12,21,24,26H,5,10,13-14H2/t21-/m1/s1. The lowest BCUT2D eigenvalue weighted by Gasteiger charge is -2.26. The number of aromatic hydroxyl groups is 1. The van der Waals surface area contributed by atoms with Crippen LogP contribution in [0, 0.1) is 5.82 Å². The van der Waals surface area contributed by atoms with E-state index in [1.54, 1.807) is 30.5 Å². The number of pyridine rings is 1. The van der Waals surface area contributed by atoms with E-state index in [1.807, 2.05) is 18.2 Å². The van der Waals surface area contributed by atoms with Crippen LogP contribution < -0.4 is 10.1 Å². The minimum atomic E-state index is -0.240. The Labute approximate surface area is 157 Å². The van der Waals surface area contributed by atoms with E-state index in [0.29, 0.717) is 6.54 Å². The molecule has 1 aliphatic heterocycles. The number of phenols is 1. The van der Waals surface area contributed by atoms with Crippen LogP contribution in [0.1, 0.15) is 17.7 Å². The van der Waals surface area contributed by atoms with Crippen molar-refractivity contribution < 1.29 is 14.2 Å². The molecule has 0 fully saturated rings. The first kappa shape index (κ1) is 17.5. The summed E-state index contributed by atoms with van der Waals surface area (Å²) >= 11 is 0. The number of fused-ring (bicyclic) bond motifs is 1. The Balaban J connectivity index is 1.30. The Hall–Kier alpha value is -2.92. The van der Waals surface area contributed by atoms with Gasteiger partial charge in [-0.15, -0.1) is 0 Å². The smallest absolute Gasteiger partial charge is 0.126 e. The van der Waals surface area contributed by atoms with E-state index in [0.717, 1.165) is 47.5 Å². The summed E-state index contributed by atoms with van der Waals surface area (Å²) in [7, 11) is 0. The first-order valence-corrected chi connectivity index (χ1v) is 9.07. The molecular weight excluding hydrogens is 343 g/mol. The van der Waals surface area contributed by atoms with Crippen LogP contribution in [0.4, 0.5) is 4.39 Å². The molecule has 3 aromatic rings. The summed E-state index contributed by atoms with van der Waals surface area (Å²) in [5.74, 6) is 0.762. The molecule has 2 aromatic carbocycles. The zero-order valence-electron chi connectivity index (χ0n) is 14.9. The summed E-state index contributed by atoms with van der Waals surface area (Å²) in [6.45, 7) is 1.37. The van der Waals surface area contributed by atoms with Gasteiger partial charge in [0, 0.05) is 30.9 Å². The summed E-state index contributed by atoms with van der Waals surface area (Å²) < 4.78 is 19.0. The molecule has 2 N–H and O–H groups in total. The molecule has 4 nitrogen and oxygen atoms in total. The lowest BCUT2D eigenvalue weighted by atomic mass is 10.0. The molecule has 0 bridgehead atoms. The van der Waals surface area contributed by atoms with Crippen molar-refractivity contribution in [2.45, 2.75) is 25.5 Å². The van der Waals surface area contributed by atoms with Crippen LogP contribution in [0.15, 0.2) is 60.8 Å². The van der Waals surface area contributed by atoms with E-state index in [9.17, 15) is 9.50 Å². The van der Waals surface area contributed by atoms with E-state index in [1.165, 1.54) is 12.1 Å². The Morgan fingerprint density at radius 1 is 1.07 bits per heavy atom. The number of phenolic OH excluding ortho intramolecular Hbond substituents is 1. The zero-order chi connectivity index (χ0) is 18.6. The third kappa shape index (κ3) is 4.26. The van der Waals surface area contributed by atoms with Crippen LogP contribution in [-0.2, 0) is 13.0 Å². The fourth-order valence-corrected chi connectivity index (χ4v) is 3.26. The predicted molar refractivity (Wildman–Crippen MR) is 102 cm³/mol. The summed E-state index contributed by atoms with van der Waals surface area (Å²) in [4.78, 5) is 4.48. The third-order valence-electron chi connectivity index (χ3n) is 4.76. The number of ether oxygens (including phenoxy) is 1. The second-order valence-electron chi connectivity index (χ2n) is 6.75. The quantitative estimate of drug-likeness (QED) is 0.716. The second kappa shape index (κ2) is 7.76. The van der Waals surface area contributed by atoms with Gasteiger partial charge in [0.25, 0.3) is 0 Å². The van der Waals surface area contributed by atoms with Crippen molar-refractivity contribution in [2.24, 2.45) is 0 Å². The molecule has 0 saturated heterocycles. The highest BCUT2D eigenvalue weighted by atomic mass is 19.1. The normalized spacial score (nSPS) is 15.8. The lowest BCUT2D eigenvalue weighted by molar-refractivity contribution is 0.169. The van der Waals surface area contributed by atoms with E-state index >= 15 is 0 Å². The summed E-state index contributed by atoms with van der Waals surface area (Å²) in [5, 5.41) is 13.0. The molecule has 5 heteroatoms. The van der Waals surface area contributed by atoms with E-state index < -0.39 is 0 Å². The zero-order valence-corrected chi connectivity index (χ0v) is 14.9. The minimum absolute atomic E-state index is 0.0813. The van der Waals surface area contributed by atoms with Crippen molar-refractivity contribution in [1.82, 2.24) is 10.3 Å². The van der Waals surface area contributed by atoms with Crippen molar-refractivity contribution in [3.63, 3.8) is 0 Å². The number of hydrogen-bond donors (Lipinski definition) is 2. The monoisotopic (exact) mass is 364 g/mol. The van der Waals surface area contributed by atoms with Gasteiger partial charge in [-0.1, -0.05) is 24.3 Å². The average molecular weight is 364 g/mol. The maximum Gasteiger partial charge on any atom is 0.126 e. The number of hydrogen-bond acceptors (Lipinski definition) is 4. The molecule has 27 heavy (non-hydrogen) atoms. The summed E-state index contributed by atoms with van der Waals surface area (Å²) in [6.07, 6.45) is 3.78. The molecular formula is C22H21FN2O2. The van der Waals surface area contributed by atoms with Gasteiger partial charge < -0.3 is 15.2 Å². The van der Waals surface area contributed by atoms with E-state index in [4.69, 9.17) is 4.74 Å². The molecule has 0 unspecified atom stereocenters. The first-order valence-electron chi connectivity index (χ1n) is 9.07. The minimum Gasteiger partial charge on any atom is -0.508 e. The van der Waals surface area contributed by atoms with Crippen LogP contribution >= 0.6 is 0 Å². The molecule has 1 aromatic heterocycles. The molecule has 0 saturated carbocycles. The van der Waals surface area contributed by atoms with Gasteiger partial charge in [-0.2, -0.15) is 0 Å². The maximum atomic E-state index is 13.0. The highest BCUT2D eigenvalue weighted by Gasteiger charge is 2.19. The van der Waals surface area contributed by atoms with E-state index in [2.05, 4.69) is 10.3 Å². The van der Waals surface area contributed by atoms with Crippen LogP contribution in [0.5, 0.6) is 11.5 Å². The SMILES string of the molecule is Oc1ccc2c(c1)O[C@@H](CNCc1ccc(-c3ccc(F)cc3)cn1)CC2. The molecule has 0 radical (unpaired) electrons. The van der Waals surface area contributed by atoms with Crippen LogP contribution in [0.3, 0.4) is 0 Å². The number of aryl methyl sites for hydroxylation is 1. The van der Waals surface area contributed by atoms with Gasteiger partial charge in [-0.25, -0.2) is 4.39 Å². The molecule has 0 aliphatic carbocycles. The van der Waals surface area contributed by atoms with Crippen molar-refractivity contribution in [2.75, 3.05) is 6.54 Å². The highest BCUT2D eigenvalue weighted by Crippen LogP contribution is 2.30. The fourth-order valence-electron chi connectivity index (χ4n) is 3.26. The van der Waals surface area contributed by atoms with Gasteiger partial charge in [0.05, 0.1) is 5.69 Å². The lowest BCUT2D eigenvalue weighted by Crippen LogP contribution is -2.34. The number of benzene rings is 2. The Bertz CT molecular complexity index is 911. The molecule has 138 valence electrons. The molecule has 4 rings (SSSR count). The summed E-state index contributed by atoms with van der Waals surface area (Å²) in [6, 6.07) is 15.7. The first-order chi connectivity index (χ1) is 13.2. The fraction of sp³-hybridized carbons (Fsp3) is 0.227. The number of aromatic nitrogens is 1. The Kier molecular flexibility index (Phi) is 5.03. The van der Waals surface area contributed by atoms with Crippen molar-refractivity contribution in [1.29, 1.82) is 0 Å². The third-order valence-corrected chi connectivity index (χ3v) is 4.76. The van der Waals surface area contributed by atoms with Crippen LogP contribution in [0.25, 0.3) is 11.1 Å². The molecule has 0 amide bonds. The molecule has 1 atom stereocenters. The van der Waals surface area contributed by atoms with Crippen molar-refractivity contribution >= 4 is 0 Å². The largest absolute Gasteiger partial charge is 0.508 e. The number of rotatable bonds is 5. The maximum absolute atomic E-state index is 13.0. The number of halogens is 1. The topological polar surface area (TPSA) is 54.4 Å². The second-order valence-corrected chi connectivity index (χ2v) is 6.75. The molecule has 2 heterocycles. The van der Waals surface area contributed by atoms with Crippen LogP contribution in [0.2, 0.25) is 0 Å². The molecule has 0 spiro atoms. The van der Waals surface area contributed by atoms with E-state index in [-0.39, 0.29) is 17.7 Å². The van der Waals surface area contributed by atoms with Gasteiger partial charge in [0.2, 0.25) is 0 Å². The number of nitrogens with zero attached hydrogens (tertiary/aromatic N) is 1. The Morgan fingerprint density at radius 2 is 1.89 bits per heavy atom. The van der Waals surface area contributed by atoms with Crippen LogP contribution in [-0.4, -0.2) is 22.7 Å². The van der Waals surface area contributed by atoms with Gasteiger partial charge in [-0.05, 0) is 48.2 Å². The number of nitrogens with one attached hydrogen (secondary N) is 1. The van der Waals surface area contributed by atoms with Gasteiger partial charge >= 0.3 is 0 Å². The summed E-state index contributed by atoms with van der Waals surface area (Å²) in [5.41, 5.74) is 3.99. The van der Waals surface area contributed by atoms with Crippen molar-refractivity contribution in [3.05, 3.63) is 77.9 Å². The predicted octanol–water partition coefficient (Wildman–Crippen LogP) is 4.08. The van der Waals surface area contributed by atoms with Gasteiger partial charge in [-0.3, -0.25) is 4.98 Å². The van der Waals surface area contributed by atoms with Crippen molar-refractivity contribution in [3.8, 4) is 22.6 Å². The Morgan fingerprint density at radius 3 is 2.67 bits per heavy atom. The van der Waals surface area contributed by atoms with Gasteiger partial charge in [0.1, 0.15) is 23.4 Å².